The van der Waals surface area contributed by atoms with Crippen LogP contribution in [0.3, 0.4) is 0 Å². The predicted octanol–water partition coefficient (Wildman–Crippen LogP) is 6.42. The van der Waals surface area contributed by atoms with Crippen molar-refractivity contribution >= 4 is 24.2 Å². The maximum absolute atomic E-state index is 13.2. The molecule has 196 valence electrons. The number of hydrogen-bond acceptors (Lipinski definition) is 5. The quantitative estimate of drug-likeness (QED) is 0.304. The maximum Gasteiger partial charge on any atom is 0.417 e. The zero-order valence-electron chi connectivity index (χ0n) is 21.3. The van der Waals surface area contributed by atoms with Crippen molar-refractivity contribution in [2.75, 3.05) is 44.3 Å². The largest absolute Gasteiger partial charge is 0.417 e. The van der Waals surface area contributed by atoms with Crippen molar-refractivity contribution in [3.8, 4) is 0 Å². The Kier molecular flexibility index (Phi) is 8.82. The number of rotatable bonds is 8. The minimum Gasteiger partial charge on any atom is -0.378 e. The molecule has 2 aliphatic rings. The number of nitrogens with zero attached hydrogens (tertiary/aromatic N) is 4. The van der Waals surface area contributed by atoms with E-state index in [0.29, 0.717) is 13.2 Å². The smallest absolute Gasteiger partial charge is 0.378 e. The summed E-state index contributed by atoms with van der Waals surface area (Å²) in [5, 5.41) is 8.09. The second-order valence-corrected chi connectivity index (χ2v) is 8.98. The average molecular weight is 511 g/mol. The van der Waals surface area contributed by atoms with Crippen molar-refractivity contribution in [1.29, 1.82) is 0 Å². The lowest BCUT2D eigenvalue weighted by Crippen LogP contribution is -2.36. The third kappa shape index (κ3) is 6.68. The monoisotopic (exact) mass is 510 g/mol. The SMILES string of the molecule is CCN(CC)c1ccc(C=C2CCC(C=NN=Cc3ccccc3C(F)(F)F)=C2N2CCOCC2)cc1. The number of allylic oxidation sites excluding steroid dienone is 2. The highest BCUT2D eigenvalue weighted by Gasteiger charge is 2.32. The number of ether oxygens (including phenoxy) is 1. The summed E-state index contributed by atoms with van der Waals surface area (Å²) < 4.78 is 45.3. The molecule has 0 bridgehead atoms. The number of alkyl halides is 3. The van der Waals surface area contributed by atoms with Crippen LogP contribution in [0, 0.1) is 0 Å². The molecule has 1 aliphatic carbocycles. The van der Waals surface area contributed by atoms with Gasteiger partial charge in [0.05, 0.1) is 31.2 Å². The molecule has 1 aliphatic heterocycles. The third-order valence-electron chi connectivity index (χ3n) is 6.71. The molecule has 0 N–H and O–H groups in total. The van der Waals surface area contributed by atoms with Gasteiger partial charge in [-0.1, -0.05) is 30.3 Å². The number of morpholine rings is 1. The third-order valence-corrected chi connectivity index (χ3v) is 6.71. The lowest BCUT2D eigenvalue weighted by atomic mass is 10.1. The molecule has 0 amide bonds. The summed E-state index contributed by atoms with van der Waals surface area (Å²) in [7, 11) is 0. The number of benzene rings is 2. The molecule has 0 atom stereocenters. The van der Waals surface area contributed by atoms with Crippen LogP contribution in [0.2, 0.25) is 0 Å². The summed E-state index contributed by atoms with van der Waals surface area (Å²) in [5.74, 6) is 0. The lowest BCUT2D eigenvalue weighted by molar-refractivity contribution is -0.137. The van der Waals surface area contributed by atoms with E-state index >= 15 is 0 Å². The van der Waals surface area contributed by atoms with E-state index in [1.165, 1.54) is 23.4 Å². The second-order valence-electron chi connectivity index (χ2n) is 8.98. The molecule has 0 unspecified atom stereocenters. The molecule has 1 saturated heterocycles. The van der Waals surface area contributed by atoms with Gasteiger partial charge < -0.3 is 14.5 Å². The van der Waals surface area contributed by atoms with Gasteiger partial charge in [-0.05, 0) is 67.7 Å². The van der Waals surface area contributed by atoms with Crippen LogP contribution in [0.25, 0.3) is 6.08 Å². The predicted molar refractivity (Wildman–Crippen MR) is 144 cm³/mol. The molecule has 8 heteroatoms. The number of halogens is 3. The van der Waals surface area contributed by atoms with E-state index in [4.69, 9.17) is 4.74 Å². The summed E-state index contributed by atoms with van der Waals surface area (Å²) >= 11 is 0. The highest BCUT2D eigenvalue weighted by molar-refractivity contribution is 5.86. The van der Waals surface area contributed by atoms with Crippen LogP contribution in [0.4, 0.5) is 18.9 Å². The molecule has 4 rings (SSSR count). The molecular formula is C29H33F3N4O. The van der Waals surface area contributed by atoms with Crippen molar-refractivity contribution in [2.45, 2.75) is 32.9 Å². The van der Waals surface area contributed by atoms with Crippen molar-refractivity contribution in [1.82, 2.24) is 4.90 Å². The van der Waals surface area contributed by atoms with E-state index in [-0.39, 0.29) is 5.56 Å². The Labute approximate surface area is 216 Å². The molecule has 37 heavy (non-hydrogen) atoms. The van der Waals surface area contributed by atoms with E-state index in [2.05, 4.69) is 64.2 Å². The molecule has 0 spiro atoms. The molecule has 1 fully saturated rings. The Balaban J connectivity index is 1.59. The van der Waals surface area contributed by atoms with Crippen molar-refractivity contribution in [3.63, 3.8) is 0 Å². The minimum absolute atomic E-state index is 0.00491. The average Bonchev–Trinajstić information content (AvgIpc) is 3.30. The van der Waals surface area contributed by atoms with Crippen LogP contribution in [0.5, 0.6) is 0 Å². The zero-order valence-corrected chi connectivity index (χ0v) is 21.3. The van der Waals surface area contributed by atoms with Gasteiger partial charge in [0.15, 0.2) is 0 Å². The molecule has 0 aromatic heterocycles. The van der Waals surface area contributed by atoms with Gasteiger partial charge in [0.2, 0.25) is 0 Å². The van der Waals surface area contributed by atoms with Gasteiger partial charge in [-0.25, -0.2) is 0 Å². The first-order valence-electron chi connectivity index (χ1n) is 12.7. The molecule has 5 nitrogen and oxygen atoms in total. The molecular weight excluding hydrogens is 477 g/mol. The van der Waals surface area contributed by atoms with Gasteiger partial charge in [0.25, 0.3) is 0 Å². The van der Waals surface area contributed by atoms with E-state index in [0.717, 1.165) is 68.1 Å². The van der Waals surface area contributed by atoms with Crippen molar-refractivity contribution < 1.29 is 17.9 Å². The van der Waals surface area contributed by atoms with Crippen LogP contribution < -0.4 is 4.90 Å². The molecule has 1 heterocycles. The zero-order chi connectivity index (χ0) is 26.3. The number of hydrogen-bond donors (Lipinski definition) is 0. The first-order chi connectivity index (χ1) is 17.9. The highest BCUT2D eigenvalue weighted by Crippen LogP contribution is 2.35. The van der Waals surface area contributed by atoms with Gasteiger partial charge in [-0.2, -0.15) is 23.4 Å². The van der Waals surface area contributed by atoms with E-state index < -0.39 is 11.7 Å². The summed E-state index contributed by atoms with van der Waals surface area (Å²) in [6, 6.07) is 14.0. The van der Waals surface area contributed by atoms with Crippen LogP contribution in [0.15, 0.2) is 75.6 Å². The Hall–Kier alpha value is -3.39. The van der Waals surface area contributed by atoms with Crippen LogP contribution in [-0.4, -0.2) is 56.7 Å². The molecule has 2 aromatic rings. The molecule has 2 aromatic carbocycles. The Morgan fingerprint density at radius 3 is 2.27 bits per heavy atom. The van der Waals surface area contributed by atoms with Gasteiger partial charge in [0, 0.05) is 43.1 Å². The first kappa shape index (κ1) is 26.7. The van der Waals surface area contributed by atoms with Gasteiger partial charge in [0.1, 0.15) is 0 Å². The van der Waals surface area contributed by atoms with E-state index in [1.807, 2.05) is 0 Å². The molecule has 0 radical (unpaired) electrons. The topological polar surface area (TPSA) is 40.4 Å². The number of anilines is 1. The van der Waals surface area contributed by atoms with Crippen LogP contribution in [-0.2, 0) is 10.9 Å². The normalized spacial score (nSPS) is 18.1. The minimum atomic E-state index is -4.44. The highest BCUT2D eigenvalue weighted by atomic mass is 19.4. The molecule has 0 saturated carbocycles. The first-order valence-corrected chi connectivity index (χ1v) is 12.7. The Morgan fingerprint density at radius 2 is 1.59 bits per heavy atom. The fourth-order valence-electron chi connectivity index (χ4n) is 4.81. The summed E-state index contributed by atoms with van der Waals surface area (Å²) in [4.78, 5) is 4.63. The standard InChI is InChI=1S/C29H33F3N4O/c1-3-35(4-2)26-13-9-22(10-14-26)19-23-11-12-25(28(23)36-15-17-37-18-16-36)21-34-33-20-24-7-5-6-8-27(24)29(30,31)32/h5-10,13-14,19-21H,3-4,11-12,15-18H2,1-2H3. The van der Waals surface area contributed by atoms with E-state index in [9.17, 15) is 13.2 Å². The van der Waals surface area contributed by atoms with Crippen molar-refractivity contribution in [3.05, 3.63) is 82.1 Å². The Bertz CT molecular complexity index is 1170. The lowest BCUT2D eigenvalue weighted by Gasteiger charge is -2.31. The van der Waals surface area contributed by atoms with Crippen molar-refractivity contribution in [2.24, 2.45) is 10.2 Å². The summed E-state index contributed by atoms with van der Waals surface area (Å²) in [6.07, 6.45) is 2.30. The fraction of sp³-hybridized carbons (Fsp3) is 0.379. The van der Waals surface area contributed by atoms with Crippen LogP contribution in [0.1, 0.15) is 43.4 Å². The second kappa shape index (κ2) is 12.2. The van der Waals surface area contributed by atoms with Gasteiger partial charge >= 0.3 is 6.18 Å². The maximum atomic E-state index is 13.2. The van der Waals surface area contributed by atoms with Crippen LogP contribution >= 0.6 is 0 Å². The summed E-state index contributed by atoms with van der Waals surface area (Å²) in [5.41, 5.74) is 5.01. The van der Waals surface area contributed by atoms with Gasteiger partial charge in [-0.15, -0.1) is 0 Å². The van der Waals surface area contributed by atoms with Gasteiger partial charge in [-0.3, -0.25) is 0 Å². The fourth-order valence-corrected chi connectivity index (χ4v) is 4.81. The summed E-state index contributed by atoms with van der Waals surface area (Å²) in [6.45, 7) is 9.12. The van der Waals surface area contributed by atoms with E-state index in [1.54, 1.807) is 12.3 Å². The Morgan fingerprint density at radius 1 is 0.919 bits per heavy atom.